The van der Waals surface area contributed by atoms with Gasteiger partial charge in [0.25, 0.3) is 5.91 Å². The molecule has 36 heavy (non-hydrogen) atoms. The van der Waals surface area contributed by atoms with Crippen LogP contribution in [0.15, 0.2) is 66.9 Å². The van der Waals surface area contributed by atoms with Gasteiger partial charge in [-0.1, -0.05) is 24.3 Å². The highest BCUT2D eigenvalue weighted by molar-refractivity contribution is 6.24. The zero-order valence-electron chi connectivity index (χ0n) is 19.7. The maximum Gasteiger partial charge on any atom is 0.256 e. The Kier molecular flexibility index (Phi) is 5.59. The molecule has 4 aromatic rings. The lowest BCUT2D eigenvalue weighted by Crippen LogP contribution is -2.46. The average molecular weight is 478 g/mol. The minimum absolute atomic E-state index is 0.0401. The monoisotopic (exact) mass is 477 g/mol. The maximum absolute atomic E-state index is 14.4. The number of aromatic nitrogens is 1. The number of benzene rings is 3. The maximum atomic E-state index is 14.4. The standard InChI is InChI=1S/C29H24FN5O/c30-25-15-19(16-31)5-9-27(25)35-12-10-34(11-13-35)18-22-7-4-20(17-32-22)14-21-6-8-26-28-23(21)2-1-3-24(28)29(36)33-26/h1-9,15,17H,10-14,18H2,(H,33,36). The van der Waals surface area contributed by atoms with E-state index in [1.54, 1.807) is 12.1 Å². The number of amides is 1. The van der Waals surface area contributed by atoms with Gasteiger partial charge in [0, 0.05) is 55.6 Å². The van der Waals surface area contributed by atoms with Crippen LogP contribution in [0.4, 0.5) is 15.8 Å². The van der Waals surface area contributed by atoms with Gasteiger partial charge in [-0.25, -0.2) is 4.39 Å². The third-order valence-corrected chi connectivity index (χ3v) is 7.08. The Bertz CT molecular complexity index is 1520. The minimum atomic E-state index is -0.345. The number of carbonyl (C=O) groups excluding carboxylic acids is 1. The summed E-state index contributed by atoms with van der Waals surface area (Å²) in [5.41, 5.74) is 5.81. The molecule has 0 radical (unpaired) electrons. The normalized spacial score (nSPS) is 15.2. The number of rotatable bonds is 5. The van der Waals surface area contributed by atoms with Crippen molar-refractivity contribution in [1.29, 1.82) is 5.26 Å². The summed E-state index contributed by atoms with van der Waals surface area (Å²) in [4.78, 5) is 21.3. The van der Waals surface area contributed by atoms with Gasteiger partial charge in [-0.2, -0.15) is 5.26 Å². The molecule has 0 unspecified atom stereocenters. The first kappa shape index (κ1) is 22.2. The van der Waals surface area contributed by atoms with Crippen molar-refractivity contribution in [2.45, 2.75) is 13.0 Å². The van der Waals surface area contributed by atoms with E-state index < -0.39 is 0 Å². The van der Waals surface area contributed by atoms with E-state index >= 15 is 0 Å². The number of nitrogens with zero attached hydrogens (tertiary/aromatic N) is 4. The molecule has 3 aromatic carbocycles. The number of nitrogens with one attached hydrogen (secondary N) is 1. The Balaban J connectivity index is 1.10. The molecule has 6 nitrogen and oxygen atoms in total. The van der Waals surface area contributed by atoms with Crippen molar-refractivity contribution < 1.29 is 9.18 Å². The summed E-state index contributed by atoms with van der Waals surface area (Å²) in [5.74, 6) is -0.385. The van der Waals surface area contributed by atoms with Crippen LogP contribution in [0.3, 0.4) is 0 Å². The Morgan fingerprint density at radius 2 is 1.89 bits per heavy atom. The van der Waals surface area contributed by atoms with Crippen LogP contribution in [-0.4, -0.2) is 42.0 Å². The Labute approximate surface area is 208 Å². The lowest BCUT2D eigenvalue weighted by atomic mass is 9.96. The van der Waals surface area contributed by atoms with Crippen LogP contribution in [0.5, 0.6) is 0 Å². The van der Waals surface area contributed by atoms with E-state index in [1.165, 1.54) is 11.6 Å². The Hall–Kier alpha value is -4.28. The number of anilines is 2. The highest BCUT2D eigenvalue weighted by atomic mass is 19.1. The van der Waals surface area contributed by atoms with E-state index in [1.807, 2.05) is 35.4 Å². The van der Waals surface area contributed by atoms with E-state index in [4.69, 9.17) is 10.2 Å². The van der Waals surface area contributed by atoms with Crippen LogP contribution in [0, 0.1) is 17.1 Å². The van der Waals surface area contributed by atoms with Crippen molar-refractivity contribution in [2.75, 3.05) is 36.4 Å². The third-order valence-electron chi connectivity index (χ3n) is 7.08. The van der Waals surface area contributed by atoms with Crippen LogP contribution in [0.25, 0.3) is 10.8 Å². The second-order valence-electron chi connectivity index (χ2n) is 9.33. The smallest absolute Gasteiger partial charge is 0.256 e. The second kappa shape index (κ2) is 9.06. The van der Waals surface area contributed by atoms with Gasteiger partial charge in [0.15, 0.2) is 0 Å². The van der Waals surface area contributed by atoms with E-state index in [9.17, 15) is 9.18 Å². The van der Waals surface area contributed by atoms with E-state index in [0.717, 1.165) is 72.4 Å². The Morgan fingerprint density at radius 3 is 2.64 bits per heavy atom. The van der Waals surface area contributed by atoms with Crippen LogP contribution in [-0.2, 0) is 13.0 Å². The first-order valence-corrected chi connectivity index (χ1v) is 12.1. The van der Waals surface area contributed by atoms with E-state index in [0.29, 0.717) is 11.3 Å². The van der Waals surface area contributed by atoms with Crippen LogP contribution in [0.1, 0.15) is 32.7 Å². The summed E-state index contributed by atoms with van der Waals surface area (Å²) in [6, 6.07) is 20.8. The average Bonchev–Trinajstić information content (AvgIpc) is 3.24. The molecule has 1 amide bonds. The molecular formula is C29H24FN5O. The molecule has 0 aliphatic carbocycles. The number of piperazine rings is 1. The highest BCUT2D eigenvalue weighted by Gasteiger charge is 2.23. The fourth-order valence-corrected chi connectivity index (χ4v) is 5.19. The molecule has 0 saturated carbocycles. The molecule has 2 aliphatic rings. The van der Waals surface area contributed by atoms with Crippen LogP contribution < -0.4 is 10.2 Å². The fraction of sp³-hybridized carbons (Fsp3) is 0.207. The zero-order chi connectivity index (χ0) is 24.6. The van der Waals surface area contributed by atoms with Gasteiger partial charge < -0.3 is 10.2 Å². The molecule has 0 spiro atoms. The van der Waals surface area contributed by atoms with Crippen molar-refractivity contribution in [3.63, 3.8) is 0 Å². The largest absolute Gasteiger partial charge is 0.367 e. The molecule has 6 rings (SSSR count). The van der Waals surface area contributed by atoms with Gasteiger partial charge in [0.2, 0.25) is 0 Å². The summed E-state index contributed by atoms with van der Waals surface area (Å²) in [6.45, 7) is 3.83. The minimum Gasteiger partial charge on any atom is -0.367 e. The summed E-state index contributed by atoms with van der Waals surface area (Å²) in [5, 5.41) is 14.0. The number of carbonyl (C=O) groups is 1. The Morgan fingerprint density at radius 1 is 1.03 bits per heavy atom. The predicted octanol–water partition coefficient (Wildman–Crippen LogP) is 4.72. The topological polar surface area (TPSA) is 72.3 Å². The molecule has 3 heterocycles. The summed E-state index contributed by atoms with van der Waals surface area (Å²) >= 11 is 0. The fourth-order valence-electron chi connectivity index (χ4n) is 5.19. The number of hydrogen-bond acceptors (Lipinski definition) is 5. The third kappa shape index (κ3) is 4.06. The quantitative estimate of drug-likeness (QED) is 0.450. The molecule has 1 N–H and O–H groups in total. The van der Waals surface area contributed by atoms with Gasteiger partial charge in [-0.15, -0.1) is 0 Å². The first-order valence-electron chi connectivity index (χ1n) is 12.1. The molecule has 1 saturated heterocycles. The lowest BCUT2D eigenvalue weighted by molar-refractivity contribution is 0.103. The molecule has 2 aliphatic heterocycles. The van der Waals surface area contributed by atoms with Crippen molar-refractivity contribution >= 4 is 28.1 Å². The molecule has 1 fully saturated rings. The number of halogens is 1. The zero-order valence-corrected chi connectivity index (χ0v) is 19.7. The molecule has 0 bridgehead atoms. The van der Waals surface area contributed by atoms with E-state index in [-0.39, 0.29) is 11.7 Å². The van der Waals surface area contributed by atoms with Gasteiger partial charge in [0.1, 0.15) is 5.82 Å². The van der Waals surface area contributed by atoms with Crippen LogP contribution in [0.2, 0.25) is 0 Å². The van der Waals surface area contributed by atoms with Crippen LogP contribution >= 0.6 is 0 Å². The van der Waals surface area contributed by atoms with Crippen molar-refractivity contribution in [2.24, 2.45) is 0 Å². The summed E-state index contributed by atoms with van der Waals surface area (Å²) < 4.78 is 14.4. The number of hydrogen-bond donors (Lipinski definition) is 1. The molecule has 0 atom stereocenters. The van der Waals surface area contributed by atoms with Crippen molar-refractivity contribution in [3.05, 3.63) is 101 Å². The van der Waals surface area contributed by atoms with Gasteiger partial charge in [-0.3, -0.25) is 14.7 Å². The first-order chi connectivity index (χ1) is 17.6. The summed E-state index contributed by atoms with van der Waals surface area (Å²) in [7, 11) is 0. The highest BCUT2D eigenvalue weighted by Crippen LogP contribution is 2.35. The SMILES string of the molecule is N#Cc1ccc(N2CCN(Cc3ccc(Cc4ccc5c6c(cccc46)C(=O)N5)cn3)CC2)c(F)c1. The predicted molar refractivity (Wildman–Crippen MR) is 138 cm³/mol. The number of pyridine rings is 1. The lowest BCUT2D eigenvalue weighted by Gasteiger charge is -2.36. The molecule has 1 aromatic heterocycles. The van der Waals surface area contributed by atoms with Gasteiger partial charge >= 0.3 is 0 Å². The summed E-state index contributed by atoms with van der Waals surface area (Å²) in [6.07, 6.45) is 2.68. The van der Waals surface area contributed by atoms with Crippen molar-refractivity contribution in [1.82, 2.24) is 9.88 Å². The molecular weight excluding hydrogens is 453 g/mol. The van der Waals surface area contributed by atoms with Gasteiger partial charge in [-0.05, 0) is 59.3 Å². The molecule has 178 valence electrons. The van der Waals surface area contributed by atoms with Gasteiger partial charge in [0.05, 0.1) is 23.0 Å². The number of nitriles is 1. The second-order valence-corrected chi connectivity index (χ2v) is 9.33. The van der Waals surface area contributed by atoms with E-state index in [2.05, 4.69) is 34.5 Å². The van der Waals surface area contributed by atoms with Crippen molar-refractivity contribution in [3.8, 4) is 6.07 Å². The molecule has 7 heteroatoms.